The summed E-state index contributed by atoms with van der Waals surface area (Å²) in [5, 5.41) is 0. The van der Waals surface area contributed by atoms with Gasteiger partial charge in [-0.15, -0.1) is 0 Å². The van der Waals surface area contributed by atoms with E-state index in [1.807, 2.05) is 0 Å². The summed E-state index contributed by atoms with van der Waals surface area (Å²) < 4.78 is 0. The molecule has 4 aliphatic rings. The van der Waals surface area contributed by atoms with Gasteiger partial charge < -0.3 is 14.7 Å². The van der Waals surface area contributed by atoms with Crippen LogP contribution in [0.4, 0.5) is 51.2 Å². The Bertz CT molecular complexity index is 5200. The molecule has 2 fully saturated rings. The van der Waals surface area contributed by atoms with Gasteiger partial charge in [-0.3, -0.25) is 0 Å². The molecule has 0 unspecified atom stereocenters. The summed E-state index contributed by atoms with van der Waals surface area (Å²) >= 11 is 0. The highest BCUT2D eigenvalue weighted by molar-refractivity contribution is 5.90. The van der Waals surface area contributed by atoms with Crippen molar-refractivity contribution in [2.24, 2.45) is 0 Å². The quantitative estimate of drug-likeness (QED) is 0.107. The number of hydrogen-bond acceptors (Lipinski definition) is 3. The van der Waals surface area contributed by atoms with Crippen LogP contribution in [0.1, 0.15) is 92.0 Å². The number of nitrogens with zero attached hydrogens (tertiary/aromatic N) is 3. The highest BCUT2D eigenvalue weighted by atomic mass is 15.2. The summed E-state index contributed by atoms with van der Waals surface area (Å²) in [6.45, 7) is 2.14. The Morgan fingerprint density at radius 3 is 0.710 bits per heavy atom. The fourth-order valence-corrected chi connectivity index (χ4v) is 17.5. The Balaban J connectivity index is 0.664. The second-order valence-corrected chi connectivity index (χ2v) is 28.3. The van der Waals surface area contributed by atoms with Gasteiger partial charge in [-0.25, -0.2) is 0 Å². The molecule has 0 N–H and O–H groups in total. The zero-order valence-electron chi connectivity index (χ0n) is 56.7. The van der Waals surface area contributed by atoms with Crippen LogP contribution in [0.2, 0.25) is 0 Å². The van der Waals surface area contributed by atoms with E-state index < -0.39 is 0 Å². The largest absolute Gasteiger partial charge is 0.311 e. The van der Waals surface area contributed by atoms with Crippen molar-refractivity contribution in [3.8, 4) is 77.9 Å². The van der Waals surface area contributed by atoms with Crippen molar-refractivity contribution in [3.05, 3.63) is 368 Å². The fourth-order valence-electron chi connectivity index (χ4n) is 17.5. The van der Waals surface area contributed by atoms with E-state index in [-0.39, 0.29) is 10.8 Å². The van der Waals surface area contributed by atoms with Crippen LogP contribution < -0.4 is 14.7 Å². The van der Waals surface area contributed by atoms with E-state index in [0.29, 0.717) is 0 Å². The summed E-state index contributed by atoms with van der Waals surface area (Å²) in [6, 6.07) is 127. The molecule has 0 radical (unpaired) electrons. The summed E-state index contributed by atoms with van der Waals surface area (Å²) in [4.78, 5) is 7.27. The minimum Gasteiger partial charge on any atom is -0.311 e. The third kappa shape index (κ3) is 10.9. The number of hydrogen-bond donors (Lipinski definition) is 0. The minimum atomic E-state index is 0.0307. The van der Waals surface area contributed by atoms with Crippen LogP contribution in [-0.4, -0.2) is 0 Å². The second kappa shape index (κ2) is 25.7. The molecule has 3 nitrogen and oxygen atoms in total. The molecule has 0 atom stereocenters. The first-order valence-corrected chi connectivity index (χ1v) is 36.2. The molecule has 3 heteroatoms. The van der Waals surface area contributed by atoms with E-state index in [2.05, 4.69) is 361 Å². The highest BCUT2D eigenvalue weighted by Crippen LogP contribution is 2.59. The topological polar surface area (TPSA) is 9.72 Å². The third-order valence-corrected chi connectivity index (χ3v) is 22.6. The Morgan fingerprint density at radius 2 is 0.410 bits per heavy atom. The lowest BCUT2D eigenvalue weighted by molar-refractivity contribution is 0.353. The lowest BCUT2D eigenvalue weighted by Gasteiger charge is -2.36. The molecule has 4 aliphatic carbocycles. The molecule has 482 valence electrons. The number of para-hydroxylation sites is 2. The predicted molar refractivity (Wildman–Crippen MR) is 421 cm³/mol. The lowest BCUT2D eigenvalue weighted by Crippen LogP contribution is -2.28. The maximum Gasteiger partial charge on any atom is 0.0465 e. The molecule has 0 heterocycles. The summed E-state index contributed by atoms with van der Waals surface area (Å²) in [7, 11) is 0. The van der Waals surface area contributed by atoms with Gasteiger partial charge in [0.1, 0.15) is 0 Å². The lowest BCUT2D eigenvalue weighted by atomic mass is 9.68. The second-order valence-electron chi connectivity index (χ2n) is 28.3. The van der Waals surface area contributed by atoms with Crippen molar-refractivity contribution in [1.29, 1.82) is 0 Å². The summed E-state index contributed by atoms with van der Waals surface area (Å²) in [5.74, 6) is 0. The van der Waals surface area contributed by atoms with E-state index in [9.17, 15) is 0 Å². The Labute approximate surface area is 589 Å². The molecule has 2 spiro atoms. The first-order chi connectivity index (χ1) is 49.4. The highest BCUT2D eigenvalue weighted by Gasteiger charge is 2.45. The van der Waals surface area contributed by atoms with Gasteiger partial charge in [0.25, 0.3) is 0 Å². The monoisotopic (exact) mass is 1290 g/mol. The van der Waals surface area contributed by atoms with Crippen LogP contribution in [0.3, 0.4) is 0 Å². The molecule has 0 bridgehead atoms. The first-order valence-electron chi connectivity index (χ1n) is 36.2. The van der Waals surface area contributed by atoms with Crippen LogP contribution in [-0.2, 0) is 10.8 Å². The minimum absolute atomic E-state index is 0.0307. The molecule has 2 saturated carbocycles. The molecule has 100 heavy (non-hydrogen) atoms. The number of anilines is 9. The van der Waals surface area contributed by atoms with Gasteiger partial charge in [0.2, 0.25) is 0 Å². The smallest absolute Gasteiger partial charge is 0.0465 e. The van der Waals surface area contributed by atoms with Crippen LogP contribution in [0.15, 0.2) is 340 Å². The van der Waals surface area contributed by atoms with Crippen molar-refractivity contribution in [2.45, 2.75) is 82.0 Å². The van der Waals surface area contributed by atoms with E-state index in [1.54, 1.807) is 0 Å². The zero-order valence-corrected chi connectivity index (χ0v) is 56.7. The van der Waals surface area contributed by atoms with Gasteiger partial charge in [-0.05, 0) is 242 Å². The molecule has 14 aromatic carbocycles. The standard InChI is InChI=1S/C97H79N3/c1-68-26-28-69(29-27-68)70-30-32-71(33-31-70)75-40-50-82(51-41-75)99(86-58-60-90-88-22-10-12-24-92(88)96(94(90)66-86)62-14-4-15-63-96)84-54-44-77(45-55-84)78-46-56-85(57-47-78)100(87-59-61-91-89-23-11-13-25-93(89)97(95(91)67-87)64-16-5-17-65-97)83-52-42-76(43-53-83)73-36-34-72(35-37-73)74-38-48-81(49-39-74)98(79-18-6-2-7-19-79)80-20-8-3-9-21-80/h2-3,6-13,18-61,66-67H,4-5,14-17,62-65H2,1H3. The van der Waals surface area contributed by atoms with E-state index in [4.69, 9.17) is 0 Å². The number of rotatable bonds is 14. The van der Waals surface area contributed by atoms with Crippen molar-refractivity contribution in [2.75, 3.05) is 14.7 Å². The molecule has 0 amide bonds. The van der Waals surface area contributed by atoms with Gasteiger partial charge in [0.05, 0.1) is 0 Å². The molecule has 0 aliphatic heterocycles. The molecule has 0 saturated heterocycles. The van der Waals surface area contributed by atoms with Crippen LogP contribution in [0, 0.1) is 6.92 Å². The maximum absolute atomic E-state index is 2.55. The average Bonchev–Trinajstić information content (AvgIpc) is 1.57. The van der Waals surface area contributed by atoms with Crippen LogP contribution in [0.5, 0.6) is 0 Å². The normalized spacial score (nSPS) is 14.4. The fraction of sp³-hybridized carbons (Fsp3) is 0.134. The predicted octanol–water partition coefficient (Wildman–Crippen LogP) is 27.2. The van der Waals surface area contributed by atoms with E-state index in [0.717, 1.165) is 39.8 Å². The van der Waals surface area contributed by atoms with Gasteiger partial charge in [0.15, 0.2) is 0 Å². The van der Waals surface area contributed by atoms with Crippen molar-refractivity contribution in [3.63, 3.8) is 0 Å². The molecule has 18 rings (SSSR count). The number of benzene rings is 14. The summed E-state index contributed by atoms with van der Waals surface area (Å²) in [5.41, 5.74) is 35.2. The van der Waals surface area contributed by atoms with Crippen molar-refractivity contribution in [1.82, 2.24) is 0 Å². The van der Waals surface area contributed by atoms with Crippen molar-refractivity contribution < 1.29 is 0 Å². The van der Waals surface area contributed by atoms with E-state index >= 15 is 0 Å². The average molecular weight is 1290 g/mol. The van der Waals surface area contributed by atoms with E-state index in [1.165, 1.54) is 181 Å². The van der Waals surface area contributed by atoms with Gasteiger partial charge in [-0.2, -0.15) is 0 Å². The van der Waals surface area contributed by atoms with Gasteiger partial charge in [-0.1, -0.05) is 275 Å². The van der Waals surface area contributed by atoms with Crippen LogP contribution >= 0.6 is 0 Å². The third-order valence-electron chi connectivity index (χ3n) is 22.6. The number of fused-ring (bicyclic) bond motifs is 10. The first kappa shape index (κ1) is 60.9. The van der Waals surface area contributed by atoms with Gasteiger partial charge >= 0.3 is 0 Å². The molecule has 0 aromatic heterocycles. The Morgan fingerprint density at radius 1 is 0.190 bits per heavy atom. The molecule has 14 aromatic rings. The zero-order chi connectivity index (χ0) is 66.6. The summed E-state index contributed by atoms with van der Waals surface area (Å²) in [6.07, 6.45) is 12.4. The maximum atomic E-state index is 2.55. The van der Waals surface area contributed by atoms with Crippen molar-refractivity contribution >= 4 is 51.2 Å². The van der Waals surface area contributed by atoms with Gasteiger partial charge in [0, 0.05) is 62.0 Å². The molecular weight excluding hydrogens is 1210 g/mol. The Kier molecular flexibility index (Phi) is 15.7. The van der Waals surface area contributed by atoms with Crippen LogP contribution in [0.25, 0.3) is 77.9 Å². The SMILES string of the molecule is Cc1ccc(-c2ccc(-c3ccc(N(c4ccc(-c5ccc(N(c6ccc(-c7ccc(-c8ccc(N(c9ccccc9)c9ccccc9)cc8)cc7)cc6)c6ccc7c(c6)C6(CCCCC6)c6ccccc6-7)cc5)cc4)c4ccc5c(c4)C4(CCCCC4)c4ccccc4-5)cc3)cc2)cc1. The molecular formula is C97H79N3. The number of aryl methyl sites for hydroxylation is 1. The Hall–Kier alpha value is -11.5.